The smallest absolute Gasteiger partial charge is 0.418 e. The molecule has 9 nitrogen and oxygen atoms in total. The van der Waals surface area contributed by atoms with E-state index >= 15 is 0 Å². The summed E-state index contributed by atoms with van der Waals surface area (Å²) in [4.78, 5) is 40.4. The number of hydrogen-bond acceptors (Lipinski definition) is 8. The summed E-state index contributed by atoms with van der Waals surface area (Å²) in [5.41, 5.74) is -1.36. The van der Waals surface area contributed by atoms with Gasteiger partial charge in [-0.25, -0.2) is 9.59 Å². The van der Waals surface area contributed by atoms with E-state index in [-0.39, 0.29) is 55.0 Å². The molecule has 2 aliphatic heterocycles. The van der Waals surface area contributed by atoms with Crippen molar-refractivity contribution in [1.29, 1.82) is 0 Å². The zero-order valence-electron chi connectivity index (χ0n) is 18.4. The number of rotatable bonds is 4. The summed E-state index contributed by atoms with van der Waals surface area (Å²) < 4.78 is 56.8. The highest BCUT2D eigenvalue weighted by Gasteiger charge is 2.38. The minimum Gasteiger partial charge on any atom is -0.466 e. The lowest BCUT2D eigenvalue weighted by Gasteiger charge is -2.37. The first-order valence-electron chi connectivity index (χ1n) is 10.0. The van der Waals surface area contributed by atoms with Crippen molar-refractivity contribution in [2.75, 3.05) is 63.5 Å². The lowest BCUT2D eigenvalue weighted by molar-refractivity contribution is -0.140. The summed E-state index contributed by atoms with van der Waals surface area (Å²) in [7, 11) is 2.22. The van der Waals surface area contributed by atoms with Crippen LogP contribution in [-0.4, -0.2) is 76.5 Å². The number of carbonyl (C=O) groups excluding carboxylic acids is 3. The number of alkyl halides is 3. The van der Waals surface area contributed by atoms with Gasteiger partial charge in [-0.1, -0.05) is 0 Å². The molecule has 2 aliphatic rings. The molecule has 0 saturated carbocycles. The zero-order chi connectivity index (χ0) is 24.3. The van der Waals surface area contributed by atoms with Crippen molar-refractivity contribution in [1.82, 2.24) is 4.90 Å². The molecule has 0 spiro atoms. The maximum Gasteiger partial charge on any atom is 0.418 e. The Morgan fingerprint density at radius 2 is 1.64 bits per heavy atom. The Balaban J connectivity index is 2.03. The van der Waals surface area contributed by atoms with Crippen LogP contribution in [0.3, 0.4) is 0 Å². The highest BCUT2D eigenvalue weighted by Crippen LogP contribution is 2.40. The van der Waals surface area contributed by atoms with E-state index in [4.69, 9.17) is 9.47 Å². The topological polar surface area (TPSA) is 88.6 Å². The van der Waals surface area contributed by atoms with E-state index in [1.807, 2.05) is 0 Å². The van der Waals surface area contributed by atoms with Gasteiger partial charge >= 0.3 is 18.1 Å². The highest BCUT2D eigenvalue weighted by molar-refractivity contribution is 6.03. The number of nitrogens with zero attached hydrogens (tertiary/aromatic N) is 3. The van der Waals surface area contributed by atoms with Crippen molar-refractivity contribution in [3.63, 3.8) is 0 Å². The molecule has 0 N–H and O–H groups in total. The van der Waals surface area contributed by atoms with Crippen LogP contribution >= 0.6 is 0 Å². The van der Waals surface area contributed by atoms with Crippen LogP contribution < -0.4 is 9.80 Å². The Labute approximate surface area is 188 Å². The van der Waals surface area contributed by atoms with Gasteiger partial charge in [0.2, 0.25) is 5.91 Å². The molecule has 180 valence electrons. The highest BCUT2D eigenvalue weighted by atomic mass is 19.4. The van der Waals surface area contributed by atoms with Crippen molar-refractivity contribution < 1.29 is 41.8 Å². The Morgan fingerprint density at radius 1 is 1.00 bits per heavy atom. The number of carbonyl (C=O) groups is 3. The fourth-order valence-electron chi connectivity index (χ4n) is 3.80. The quantitative estimate of drug-likeness (QED) is 0.614. The van der Waals surface area contributed by atoms with Crippen LogP contribution in [0.15, 0.2) is 29.5 Å². The lowest BCUT2D eigenvalue weighted by Crippen LogP contribution is -2.48. The number of anilines is 2. The second-order valence-corrected chi connectivity index (χ2v) is 7.41. The minimum atomic E-state index is -4.69. The third-order valence-corrected chi connectivity index (χ3v) is 5.50. The number of amides is 1. The third-order valence-electron chi connectivity index (χ3n) is 5.50. The van der Waals surface area contributed by atoms with E-state index in [0.29, 0.717) is 13.1 Å². The van der Waals surface area contributed by atoms with Gasteiger partial charge in [0.25, 0.3) is 0 Å². The van der Waals surface area contributed by atoms with E-state index < -0.39 is 23.7 Å². The summed E-state index contributed by atoms with van der Waals surface area (Å²) in [6.45, 7) is 2.01. The summed E-state index contributed by atoms with van der Waals surface area (Å²) >= 11 is 0. The van der Waals surface area contributed by atoms with Crippen molar-refractivity contribution in [3.8, 4) is 0 Å². The van der Waals surface area contributed by atoms with Crippen molar-refractivity contribution in [2.24, 2.45) is 0 Å². The van der Waals surface area contributed by atoms with Crippen LogP contribution in [-0.2, 0) is 34.8 Å². The number of ether oxygens (including phenoxy) is 3. The van der Waals surface area contributed by atoms with Crippen LogP contribution in [0.2, 0.25) is 0 Å². The zero-order valence-corrected chi connectivity index (χ0v) is 18.4. The van der Waals surface area contributed by atoms with E-state index in [1.165, 1.54) is 19.1 Å². The maximum atomic E-state index is 14.0. The molecule has 1 aromatic carbocycles. The average molecular weight is 471 g/mol. The fraction of sp³-hybridized carbons (Fsp3) is 0.476. The number of hydrogen-bond donors (Lipinski definition) is 0. The molecule has 33 heavy (non-hydrogen) atoms. The molecule has 1 amide bonds. The third kappa shape index (κ3) is 5.05. The Morgan fingerprint density at radius 3 is 2.18 bits per heavy atom. The van der Waals surface area contributed by atoms with Gasteiger partial charge in [0.15, 0.2) is 0 Å². The predicted molar refractivity (Wildman–Crippen MR) is 110 cm³/mol. The predicted octanol–water partition coefficient (Wildman–Crippen LogP) is 1.77. The van der Waals surface area contributed by atoms with Crippen LogP contribution in [0.5, 0.6) is 0 Å². The average Bonchev–Trinajstić information content (AvgIpc) is 2.81. The van der Waals surface area contributed by atoms with Crippen molar-refractivity contribution in [2.45, 2.75) is 13.1 Å². The molecule has 0 radical (unpaired) electrons. The van der Waals surface area contributed by atoms with Crippen LogP contribution in [0.4, 0.5) is 24.5 Å². The Kier molecular flexibility index (Phi) is 7.15. The van der Waals surface area contributed by atoms with Gasteiger partial charge in [0.05, 0.1) is 32.0 Å². The summed E-state index contributed by atoms with van der Waals surface area (Å²) in [6, 6.07) is 3.62. The SMILES string of the molecule is COC(=O)C1=C(C(=O)OC)N(c2ccc(N3CCN(C(C)=O)CC3)c(C(F)(F)F)c2)COC1. The summed E-state index contributed by atoms with van der Waals surface area (Å²) in [5.74, 6) is -1.89. The van der Waals surface area contributed by atoms with Gasteiger partial charge in [0.1, 0.15) is 12.4 Å². The molecule has 0 bridgehead atoms. The number of methoxy groups -OCH3 is 2. The largest absolute Gasteiger partial charge is 0.466 e. The molecular formula is C21H24F3N3O6. The molecule has 1 saturated heterocycles. The number of benzene rings is 1. The maximum absolute atomic E-state index is 14.0. The standard InChI is InChI=1S/C21H24F3N3O6/c1-13(28)25-6-8-26(9-7-25)17-5-4-14(10-16(17)21(22,23)24)27-12-33-11-15(19(29)31-2)18(27)20(30)32-3/h4-5,10H,6-9,11-12H2,1-3H3. The van der Waals surface area contributed by atoms with Crippen molar-refractivity contribution in [3.05, 3.63) is 35.0 Å². The molecule has 2 heterocycles. The van der Waals surface area contributed by atoms with Gasteiger partial charge in [-0.05, 0) is 18.2 Å². The second kappa shape index (κ2) is 9.69. The van der Waals surface area contributed by atoms with Crippen molar-refractivity contribution >= 4 is 29.2 Å². The van der Waals surface area contributed by atoms with Gasteiger partial charge in [0, 0.05) is 44.5 Å². The minimum absolute atomic E-state index is 0.00468. The van der Waals surface area contributed by atoms with Gasteiger partial charge < -0.3 is 28.9 Å². The Hall–Kier alpha value is -3.28. The fourth-order valence-corrected chi connectivity index (χ4v) is 3.80. The van der Waals surface area contributed by atoms with Crippen LogP contribution in [0.25, 0.3) is 0 Å². The normalized spacial score (nSPS) is 17.2. The second-order valence-electron chi connectivity index (χ2n) is 7.41. The first kappa shape index (κ1) is 24.4. The number of piperazine rings is 1. The molecular weight excluding hydrogens is 447 g/mol. The number of halogens is 3. The number of esters is 2. The molecule has 0 aliphatic carbocycles. The molecule has 0 atom stereocenters. The monoisotopic (exact) mass is 471 g/mol. The molecule has 12 heteroatoms. The molecule has 0 unspecified atom stereocenters. The lowest BCUT2D eigenvalue weighted by atomic mass is 10.1. The van der Waals surface area contributed by atoms with E-state index in [2.05, 4.69) is 4.74 Å². The molecule has 3 rings (SSSR count). The molecule has 1 fully saturated rings. The van der Waals surface area contributed by atoms with E-state index in [0.717, 1.165) is 25.2 Å². The van der Waals surface area contributed by atoms with E-state index in [1.54, 1.807) is 9.80 Å². The van der Waals surface area contributed by atoms with Gasteiger partial charge in [-0.3, -0.25) is 4.79 Å². The van der Waals surface area contributed by atoms with Gasteiger partial charge in [-0.15, -0.1) is 0 Å². The summed E-state index contributed by atoms with van der Waals surface area (Å²) in [6.07, 6.45) is -4.69. The molecule has 1 aromatic rings. The first-order valence-corrected chi connectivity index (χ1v) is 10.0. The van der Waals surface area contributed by atoms with Crippen LogP contribution in [0, 0.1) is 0 Å². The Bertz CT molecular complexity index is 970. The van der Waals surface area contributed by atoms with Gasteiger partial charge in [-0.2, -0.15) is 13.2 Å². The first-order chi connectivity index (χ1) is 15.6. The molecule has 0 aromatic heterocycles. The summed E-state index contributed by atoms with van der Waals surface area (Å²) in [5, 5.41) is 0. The van der Waals surface area contributed by atoms with Crippen LogP contribution in [0.1, 0.15) is 12.5 Å². The van der Waals surface area contributed by atoms with E-state index in [9.17, 15) is 27.6 Å².